The molecule has 0 bridgehead atoms. The van der Waals surface area contributed by atoms with Crippen LogP contribution in [0.3, 0.4) is 0 Å². The summed E-state index contributed by atoms with van der Waals surface area (Å²) in [6, 6.07) is 6.36. The first kappa shape index (κ1) is 14.0. The molecule has 4 nitrogen and oxygen atoms in total. The smallest absolute Gasteiger partial charge is 0.243 e. The first-order valence-electron chi connectivity index (χ1n) is 7.30. The summed E-state index contributed by atoms with van der Waals surface area (Å²) in [5, 5.41) is 0. The lowest BCUT2D eigenvalue weighted by Crippen LogP contribution is -2.49. The molecule has 2 fully saturated rings. The van der Waals surface area contributed by atoms with E-state index in [-0.39, 0.29) is 0 Å². The summed E-state index contributed by atoms with van der Waals surface area (Å²) in [7, 11) is -3.34. The van der Waals surface area contributed by atoms with Gasteiger partial charge in [0.05, 0.1) is 4.90 Å². The van der Waals surface area contributed by atoms with Crippen LogP contribution in [0, 0.1) is 13.8 Å². The van der Waals surface area contributed by atoms with Gasteiger partial charge >= 0.3 is 0 Å². The predicted molar refractivity (Wildman–Crippen MR) is 79.3 cm³/mol. The van der Waals surface area contributed by atoms with Gasteiger partial charge in [-0.15, -0.1) is 0 Å². The normalized spacial score (nSPS) is 22.1. The van der Waals surface area contributed by atoms with Crippen molar-refractivity contribution in [3.8, 4) is 0 Å². The molecule has 110 valence electrons. The van der Waals surface area contributed by atoms with Crippen LogP contribution in [0.2, 0.25) is 0 Å². The van der Waals surface area contributed by atoms with Gasteiger partial charge in [-0.25, -0.2) is 8.42 Å². The number of sulfonamides is 1. The van der Waals surface area contributed by atoms with Gasteiger partial charge in [-0.1, -0.05) is 12.1 Å². The standard InChI is InChI=1S/C15H22N2O2S/c1-12-3-4-13(2)15(11-12)20(18,19)17-9-7-16(8-10-17)14-5-6-14/h3-4,11,14H,5-10H2,1-2H3. The molecule has 0 atom stereocenters. The molecule has 0 unspecified atom stereocenters. The van der Waals surface area contributed by atoms with E-state index in [0.717, 1.165) is 30.3 Å². The summed E-state index contributed by atoms with van der Waals surface area (Å²) in [4.78, 5) is 2.90. The van der Waals surface area contributed by atoms with Crippen molar-refractivity contribution in [2.75, 3.05) is 26.2 Å². The Hall–Kier alpha value is -0.910. The number of benzene rings is 1. The Balaban J connectivity index is 1.79. The monoisotopic (exact) mass is 294 g/mol. The molecule has 3 rings (SSSR count). The highest BCUT2D eigenvalue weighted by atomic mass is 32.2. The molecule has 1 aliphatic carbocycles. The van der Waals surface area contributed by atoms with Crippen LogP contribution >= 0.6 is 0 Å². The van der Waals surface area contributed by atoms with Crippen LogP contribution in [0.25, 0.3) is 0 Å². The average Bonchev–Trinajstić information content (AvgIpc) is 3.26. The van der Waals surface area contributed by atoms with Crippen molar-refractivity contribution in [3.05, 3.63) is 29.3 Å². The summed E-state index contributed by atoms with van der Waals surface area (Å²) in [6.45, 7) is 6.78. The second-order valence-electron chi connectivity index (χ2n) is 5.94. The fourth-order valence-electron chi connectivity index (χ4n) is 2.87. The van der Waals surface area contributed by atoms with E-state index in [1.165, 1.54) is 12.8 Å². The van der Waals surface area contributed by atoms with Gasteiger partial charge in [0.25, 0.3) is 0 Å². The maximum Gasteiger partial charge on any atom is 0.243 e. The Morgan fingerprint density at radius 2 is 1.70 bits per heavy atom. The minimum atomic E-state index is -3.34. The van der Waals surface area contributed by atoms with Gasteiger partial charge in [0.1, 0.15) is 0 Å². The number of nitrogens with zero attached hydrogens (tertiary/aromatic N) is 2. The van der Waals surface area contributed by atoms with Crippen LogP contribution in [0.1, 0.15) is 24.0 Å². The zero-order valence-electron chi connectivity index (χ0n) is 12.2. The fraction of sp³-hybridized carbons (Fsp3) is 0.600. The lowest BCUT2D eigenvalue weighted by atomic mass is 10.2. The second kappa shape index (κ2) is 5.13. The molecule has 1 aromatic carbocycles. The van der Waals surface area contributed by atoms with Gasteiger partial charge < -0.3 is 0 Å². The molecule has 0 N–H and O–H groups in total. The highest BCUT2D eigenvalue weighted by molar-refractivity contribution is 7.89. The lowest BCUT2D eigenvalue weighted by Gasteiger charge is -2.34. The highest BCUT2D eigenvalue weighted by Crippen LogP contribution is 2.29. The van der Waals surface area contributed by atoms with Gasteiger partial charge in [-0.2, -0.15) is 4.31 Å². The summed E-state index contributed by atoms with van der Waals surface area (Å²) in [5.74, 6) is 0. The first-order chi connectivity index (χ1) is 9.48. The third-order valence-electron chi connectivity index (χ3n) is 4.30. The van der Waals surface area contributed by atoms with Gasteiger partial charge in [0.2, 0.25) is 10.0 Å². The molecule has 5 heteroatoms. The van der Waals surface area contributed by atoms with E-state index >= 15 is 0 Å². The molecule has 1 aliphatic heterocycles. The molecule has 1 saturated carbocycles. The summed E-state index contributed by atoms with van der Waals surface area (Å²) in [6.07, 6.45) is 2.56. The van der Waals surface area contributed by atoms with Crippen molar-refractivity contribution in [1.82, 2.24) is 9.21 Å². The van der Waals surface area contributed by atoms with Crippen molar-refractivity contribution in [1.29, 1.82) is 0 Å². The predicted octanol–water partition coefficient (Wildman–Crippen LogP) is 1.77. The molecule has 1 aromatic rings. The van der Waals surface area contributed by atoms with Crippen molar-refractivity contribution < 1.29 is 8.42 Å². The third kappa shape index (κ3) is 2.62. The number of aryl methyl sites for hydroxylation is 2. The number of piperazine rings is 1. The van der Waals surface area contributed by atoms with E-state index in [1.54, 1.807) is 10.4 Å². The third-order valence-corrected chi connectivity index (χ3v) is 6.34. The number of hydrogen-bond donors (Lipinski definition) is 0. The molecular formula is C15H22N2O2S. The number of rotatable bonds is 3. The largest absolute Gasteiger partial charge is 0.298 e. The molecule has 1 saturated heterocycles. The second-order valence-corrected chi connectivity index (χ2v) is 7.85. The molecular weight excluding hydrogens is 272 g/mol. The maximum atomic E-state index is 12.8. The van der Waals surface area contributed by atoms with Crippen molar-refractivity contribution in [3.63, 3.8) is 0 Å². The van der Waals surface area contributed by atoms with Crippen molar-refractivity contribution >= 4 is 10.0 Å². The maximum absolute atomic E-state index is 12.8. The fourth-order valence-corrected chi connectivity index (χ4v) is 4.60. The van der Waals surface area contributed by atoms with Gasteiger partial charge in [0.15, 0.2) is 0 Å². The summed E-state index contributed by atoms with van der Waals surface area (Å²) >= 11 is 0. The van der Waals surface area contributed by atoms with E-state index in [2.05, 4.69) is 4.90 Å². The Morgan fingerprint density at radius 3 is 2.30 bits per heavy atom. The van der Waals surface area contributed by atoms with E-state index in [4.69, 9.17) is 0 Å². The Morgan fingerprint density at radius 1 is 1.05 bits per heavy atom. The average molecular weight is 294 g/mol. The van der Waals surface area contributed by atoms with Gasteiger partial charge in [-0.05, 0) is 43.9 Å². The van der Waals surface area contributed by atoms with Crippen molar-refractivity contribution in [2.24, 2.45) is 0 Å². The van der Waals surface area contributed by atoms with Gasteiger partial charge in [0, 0.05) is 32.2 Å². The van der Waals surface area contributed by atoms with Crippen LogP contribution in [-0.4, -0.2) is 49.8 Å². The van der Waals surface area contributed by atoms with E-state index < -0.39 is 10.0 Å². The Bertz CT molecular complexity index is 600. The van der Waals surface area contributed by atoms with Crippen LogP contribution in [0.15, 0.2) is 23.1 Å². The van der Waals surface area contributed by atoms with Crippen LogP contribution < -0.4 is 0 Å². The molecule has 0 aromatic heterocycles. The molecule has 2 aliphatic rings. The van der Waals surface area contributed by atoms with Gasteiger partial charge in [-0.3, -0.25) is 4.90 Å². The Kier molecular flexibility index (Phi) is 3.60. The highest BCUT2D eigenvalue weighted by Gasteiger charge is 2.35. The zero-order chi connectivity index (χ0) is 14.3. The van der Waals surface area contributed by atoms with E-state index in [9.17, 15) is 8.42 Å². The quantitative estimate of drug-likeness (QED) is 0.853. The lowest BCUT2D eigenvalue weighted by molar-refractivity contribution is 0.180. The number of hydrogen-bond acceptors (Lipinski definition) is 3. The van der Waals surface area contributed by atoms with Crippen LogP contribution in [0.5, 0.6) is 0 Å². The van der Waals surface area contributed by atoms with E-state index in [1.807, 2.05) is 26.0 Å². The first-order valence-corrected chi connectivity index (χ1v) is 8.74. The molecule has 1 heterocycles. The zero-order valence-corrected chi connectivity index (χ0v) is 13.0. The topological polar surface area (TPSA) is 40.6 Å². The molecule has 0 spiro atoms. The Labute approximate surface area is 121 Å². The minimum Gasteiger partial charge on any atom is -0.298 e. The SMILES string of the molecule is Cc1ccc(C)c(S(=O)(=O)N2CCN(C3CC3)CC2)c1. The summed E-state index contributed by atoms with van der Waals surface area (Å²) < 4.78 is 27.2. The van der Waals surface area contributed by atoms with E-state index in [0.29, 0.717) is 18.0 Å². The van der Waals surface area contributed by atoms with Crippen LogP contribution in [0.4, 0.5) is 0 Å². The van der Waals surface area contributed by atoms with Crippen LogP contribution in [-0.2, 0) is 10.0 Å². The minimum absolute atomic E-state index is 0.470. The summed E-state index contributed by atoms with van der Waals surface area (Å²) in [5.41, 5.74) is 1.83. The molecule has 0 amide bonds. The molecule has 0 radical (unpaired) electrons. The van der Waals surface area contributed by atoms with Crippen molar-refractivity contribution in [2.45, 2.75) is 37.6 Å². The molecule has 20 heavy (non-hydrogen) atoms.